The Kier molecular flexibility index (Phi) is 6.40. The largest absolute Gasteiger partial charge is 0.337 e. The third-order valence-corrected chi connectivity index (χ3v) is 4.98. The second-order valence-corrected chi connectivity index (χ2v) is 6.55. The Morgan fingerprint density at radius 2 is 2.10 bits per heavy atom. The molecular formula is C16H24N2OS. The Morgan fingerprint density at radius 3 is 2.75 bits per heavy atom. The van der Waals surface area contributed by atoms with E-state index in [2.05, 4.69) is 12.1 Å². The molecule has 0 saturated carbocycles. The van der Waals surface area contributed by atoms with Crippen LogP contribution in [0.4, 0.5) is 0 Å². The van der Waals surface area contributed by atoms with Gasteiger partial charge in [0, 0.05) is 13.1 Å². The molecule has 110 valence electrons. The summed E-state index contributed by atoms with van der Waals surface area (Å²) in [5, 5.41) is 0.158. The Hall–Kier alpha value is -1.000. The van der Waals surface area contributed by atoms with Crippen LogP contribution in [0.5, 0.6) is 0 Å². The van der Waals surface area contributed by atoms with E-state index in [1.54, 1.807) is 0 Å². The van der Waals surface area contributed by atoms with Gasteiger partial charge in [-0.1, -0.05) is 36.8 Å². The quantitative estimate of drug-likeness (QED) is 0.877. The Balaban J connectivity index is 2.00. The highest BCUT2D eigenvalue weighted by Gasteiger charge is 2.26. The van der Waals surface area contributed by atoms with E-state index in [0.29, 0.717) is 19.0 Å². The molecule has 0 aromatic heterocycles. The van der Waals surface area contributed by atoms with Gasteiger partial charge in [0.25, 0.3) is 0 Å². The van der Waals surface area contributed by atoms with E-state index >= 15 is 0 Å². The van der Waals surface area contributed by atoms with E-state index in [9.17, 15) is 4.79 Å². The number of hydrogen-bond donors (Lipinski definition) is 1. The Labute approximate surface area is 125 Å². The molecule has 3 nitrogen and oxygen atoms in total. The highest BCUT2D eigenvalue weighted by molar-refractivity contribution is 8.00. The lowest BCUT2D eigenvalue weighted by Gasteiger charge is -2.29. The molecule has 1 aromatic carbocycles. The molecule has 4 heteroatoms. The first-order valence-corrected chi connectivity index (χ1v) is 8.50. The summed E-state index contributed by atoms with van der Waals surface area (Å²) in [5.74, 6) is 1.42. The van der Waals surface area contributed by atoms with Gasteiger partial charge < -0.3 is 10.6 Å². The van der Waals surface area contributed by atoms with Gasteiger partial charge >= 0.3 is 0 Å². The Morgan fingerprint density at radius 1 is 1.30 bits per heavy atom. The number of thioether (sulfide) groups is 1. The van der Waals surface area contributed by atoms with Crippen LogP contribution in [0.2, 0.25) is 0 Å². The smallest absolute Gasteiger partial charge is 0.235 e. The van der Waals surface area contributed by atoms with Crippen molar-refractivity contribution in [3.63, 3.8) is 0 Å². The third-order valence-electron chi connectivity index (χ3n) is 3.62. The van der Waals surface area contributed by atoms with Gasteiger partial charge in [-0.2, -0.15) is 0 Å². The van der Waals surface area contributed by atoms with Crippen molar-refractivity contribution < 1.29 is 4.79 Å². The van der Waals surface area contributed by atoms with Gasteiger partial charge in [0.1, 0.15) is 0 Å². The van der Waals surface area contributed by atoms with Crippen LogP contribution in [-0.2, 0) is 11.3 Å². The molecular weight excluding hydrogens is 268 g/mol. The van der Waals surface area contributed by atoms with Crippen molar-refractivity contribution in [2.45, 2.75) is 37.5 Å². The fourth-order valence-electron chi connectivity index (χ4n) is 2.49. The molecule has 1 aromatic rings. The summed E-state index contributed by atoms with van der Waals surface area (Å²) in [6, 6.07) is 10.2. The summed E-state index contributed by atoms with van der Waals surface area (Å²) in [4.78, 5) is 14.7. The molecule has 2 N–H and O–H groups in total. The zero-order valence-electron chi connectivity index (χ0n) is 12.0. The summed E-state index contributed by atoms with van der Waals surface area (Å²) < 4.78 is 0. The maximum Gasteiger partial charge on any atom is 0.235 e. The number of hydrogen-bond acceptors (Lipinski definition) is 3. The van der Waals surface area contributed by atoms with Crippen LogP contribution in [0.25, 0.3) is 0 Å². The fourth-order valence-corrected chi connectivity index (χ4v) is 3.77. The van der Waals surface area contributed by atoms with Crippen molar-refractivity contribution in [3.8, 4) is 0 Å². The zero-order valence-corrected chi connectivity index (χ0v) is 12.8. The van der Waals surface area contributed by atoms with Crippen LogP contribution in [-0.4, -0.2) is 34.9 Å². The number of carbonyl (C=O) groups is 1. The minimum absolute atomic E-state index is 0.158. The number of amides is 1. The Bertz CT molecular complexity index is 404. The molecule has 0 bridgehead atoms. The molecule has 1 fully saturated rings. The summed E-state index contributed by atoms with van der Waals surface area (Å²) in [5.41, 5.74) is 6.80. The van der Waals surface area contributed by atoms with Crippen LogP contribution < -0.4 is 5.73 Å². The maximum atomic E-state index is 12.7. The zero-order chi connectivity index (χ0) is 14.2. The molecule has 1 amide bonds. The molecule has 20 heavy (non-hydrogen) atoms. The van der Waals surface area contributed by atoms with Crippen molar-refractivity contribution in [1.82, 2.24) is 4.90 Å². The lowest BCUT2D eigenvalue weighted by Crippen LogP contribution is -2.39. The number of benzene rings is 1. The summed E-state index contributed by atoms with van der Waals surface area (Å²) >= 11 is 1.82. The van der Waals surface area contributed by atoms with E-state index in [4.69, 9.17) is 5.73 Å². The maximum absolute atomic E-state index is 12.7. The van der Waals surface area contributed by atoms with Crippen LogP contribution in [0.1, 0.15) is 31.2 Å². The minimum atomic E-state index is 0.158. The molecule has 0 radical (unpaired) electrons. The molecule has 1 unspecified atom stereocenters. The van der Waals surface area contributed by atoms with Crippen molar-refractivity contribution >= 4 is 17.7 Å². The van der Waals surface area contributed by atoms with E-state index in [0.717, 1.165) is 25.1 Å². The highest BCUT2D eigenvalue weighted by Crippen LogP contribution is 2.27. The first-order chi connectivity index (χ1) is 9.81. The predicted molar refractivity (Wildman–Crippen MR) is 85.6 cm³/mol. The second-order valence-electron chi connectivity index (χ2n) is 5.24. The van der Waals surface area contributed by atoms with Crippen LogP contribution >= 0.6 is 11.8 Å². The van der Waals surface area contributed by atoms with Crippen LogP contribution in [0.3, 0.4) is 0 Å². The van der Waals surface area contributed by atoms with Gasteiger partial charge in [-0.15, -0.1) is 11.8 Å². The van der Waals surface area contributed by atoms with Crippen molar-refractivity contribution in [1.29, 1.82) is 0 Å². The predicted octanol–water partition coefficient (Wildman–Crippen LogP) is 2.65. The minimum Gasteiger partial charge on any atom is -0.337 e. The van der Waals surface area contributed by atoms with Crippen molar-refractivity contribution in [2.75, 3.05) is 18.8 Å². The lowest BCUT2D eigenvalue weighted by molar-refractivity contribution is -0.131. The first kappa shape index (κ1) is 15.4. The van der Waals surface area contributed by atoms with Gasteiger partial charge in [-0.25, -0.2) is 0 Å². The van der Waals surface area contributed by atoms with E-state index in [1.807, 2.05) is 34.9 Å². The molecule has 0 spiro atoms. The van der Waals surface area contributed by atoms with Crippen LogP contribution in [0.15, 0.2) is 30.3 Å². The molecule has 1 atom stereocenters. The average Bonchev–Trinajstić information content (AvgIpc) is 2.52. The number of nitrogens with two attached hydrogens (primary N) is 1. The van der Waals surface area contributed by atoms with E-state index in [-0.39, 0.29) is 5.25 Å². The summed E-state index contributed by atoms with van der Waals surface area (Å²) in [6.07, 6.45) is 4.32. The normalized spacial score (nSPS) is 18.8. The third kappa shape index (κ3) is 4.53. The van der Waals surface area contributed by atoms with Gasteiger partial charge in [0.15, 0.2) is 0 Å². The van der Waals surface area contributed by atoms with E-state index in [1.165, 1.54) is 18.4 Å². The van der Waals surface area contributed by atoms with Crippen LogP contribution in [0, 0.1) is 0 Å². The fraction of sp³-hybridized carbons (Fsp3) is 0.562. The summed E-state index contributed by atoms with van der Waals surface area (Å²) in [7, 11) is 0. The van der Waals surface area contributed by atoms with Gasteiger partial charge in [-0.3, -0.25) is 4.79 Å². The molecule has 1 aliphatic rings. The SMILES string of the molecule is NCCCN(Cc1ccccc1)C(=O)C1CCCCS1. The van der Waals surface area contributed by atoms with Crippen molar-refractivity contribution in [3.05, 3.63) is 35.9 Å². The van der Waals surface area contributed by atoms with Crippen molar-refractivity contribution in [2.24, 2.45) is 5.73 Å². The molecule has 1 heterocycles. The average molecular weight is 292 g/mol. The number of nitrogens with zero attached hydrogens (tertiary/aromatic N) is 1. The lowest BCUT2D eigenvalue weighted by atomic mass is 10.1. The van der Waals surface area contributed by atoms with Gasteiger partial charge in [-0.05, 0) is 37.1 Å². The molecule has 1 saturated heterocycles. The number of carbonyl (C=O) groups excluding carboxylic acids is 1. The highest BCUT2D eigenvalue weighted by atomic mass is 32.2. The molecule has 2 rings (SSSR count). The molecule has 0 aliphatic carbocycles. The standard InChI is InChI=1S/C16H24N2OS/c17-10-6-11-18(13-14-7-2-1-3-8-14)16(19)15-9-4-5-12-20-15/h1-3,7-8,15H,4-6,9-13,17H2. The second kappa shape index (κ2) is 8.32. The van der Waals surface area contributed by atoms with E-state index < -0.39 is 0 Å². The monoisotopic (exact) mass is 292 g/mol. The first-order valence-electron chi connectivity index (χ1n) is 7.45. The number of rotatable bonds is 6. The molecule has 1 aliphatic heterocycles. The van der Waals surface area contributed by atoms with Gasteiger partial charge in [0.2, 0.25) is 5.91 Å². The topological polar surface area (TPSA) is 46.3 Å². The summed E-state index contributed by atoms with van der Waals surface area (Å²) in [6.45, 7) is 2.11. The van der Waals surface area contributed by atoms with Gasteiger partial charge in [0.05, 0.1) is 5.25 Å².